The molecule has 2 rings (SSSR count). The Labute approximate surface area is 118 Å². The molecule has 0 radical (unpaired) electrons. The zero-order valence-electron chi connectivity index (χ0n) is 10.5. The Balaban J connectivity index is 2.14. The van der Waals surface area contributed by atoms with Gasteiger partial charge in [0.25, 0.3) is 0 Å². The predicted octanol–water partition coefficient (Wildman–Crippen LogP) is 1.81. The molecule has 2 aromatic rings. The SMILES string of the molecule is NC(=O)c1ccc(CS(=O)c2ccc(N)c(F)c2)cc1. The lowest BCUT2D eigenvalue weighted by Gasteiger charge is -2.05. The summed E-state index contributed by atoms with van der Waals surface area (Å²) in [6.07, 6.45) is 0. The topological polar surface area (TPSA) is 86.2 Å². The molecule has 0 bridgehead atoms. The molecule has 6 heteroatoms. The quantitative estimate of drug-likeness (QED) is 0.843. The highest BCUT2D eigenvalue weighted by molar-refractivity contribution is 7.84. The van der Waals surface area contributed by atoms with Crippen LogP contribution in [0.5, 0.6) is 0 Å². The highest BCUT2D eigenvalue weighted by Gasteiger charge is 2.09. The molecule has 20 heavy (non-hydrogen) atoms. The molecule has 4 nitrogen and oxygen atoms in total. The molecule has 2 aromatic carbocycles. The van der Waals surface area contributed by atoms with E-state index >= 15 is 0 Å². The highest BCUT2D eigenvalue weighted by Crippen LogP contribution is 2.17. The first-order valence-electron chi connectivity index (χ1n) is 5.79. The van der Waals surface area contributed by atoms with Crippen molar-refractivity contribution >= 4 is 22.4 Å². The summed E-state index contributed by atoms with van der Waals surface area (Å²) in [5, 5.41) is 0. The van der Waals surface area contributed by atoms with Crippen molar-refractivity contribution in [1.29, 1.82) is 0 Å². The van der Waals surface area contributed by atoms with Gasteiger partial charge in [-0.1, -0.05) is 12.1 Å². The third kappa shape index (κ3) is 3.21. The van der Waals surface area contributed by atoms with Gasteiger partial charge >= 0.3 is 0 Å². The van der Waals surface area contributed by atoms with Crippen LogP contribution in [0.25, 0.3) is 0 Å². The monoisotopic (exact) mass is 292 g/mol. The van der Waals surface area contributed by atoms with Gasteiger partial charge in [-0.25, -0.2) is 4.39 Å². The van der Waals surface area contributed by atoms with Crippen LogP contribution in [0.15, 0.2) is 47.4 Å². The maximum atomic E-state index is 13.3. The van der Waals surface area contributed by atoms with Gasteiger partial charge in [0.15, 0.2) is 0 Å². The molecule has 0 aromatic heterocycles. The number of hydrogen-bond donors (Lipinski definition) is 2. The number of carbonyl (C=O) groups is 1. The number of carbonyl (C=O) groups excluding carboxylic acids is 1. The Kier molecular flexibility index (Phi) is 4.14. The first-order valence-corrected chi connectivity index (χ1v) is 7.11. The van der Waals surface area contributed by atoms with E-state index in [0.29, 0.717) is 10.5 Å². The van der Waals surface area contributed by atoms with Gasteiger partial charge in [0.2, 0.25) is 5.91 Å². The molecule has 0 fully saturated rings. The zero-order chi connectivity index (χ0) is 14.7. The van der Waals surface area contributed by atoms with Crippen LogP contribution in [0.3, 0.4) is 0 Å². The van der Waals surface area contributed by atoms with Crippen molar-refractivity contribution in [3.05, 3.63) is 59.4 Å². The van der Waals surface area contributed by atoms with E-state index in [-0.39, 0.29) is 11.4 Å². The molecular weight excluding hydrogens is 279 g/mol. The normalized spacial score (nSPS) is 12.1. The number of rotatable bonds is 4. The number of primary amides is 1. The van der Waals surface area contributed by atoms with E-state index in [1.807, 2.05) is 0 Å². The van der Waals surface area contributed by atoms with Crippen LogP contribution in [0.4, 0.5) is 10.1 Å². The maximum absolute atomic E-state index is 13.3. The van der Waals surface area contributed by atoms with Crippen molar-refractivity contribution in [1.82, 2.24) is 0 Å². The molecule has 0 saturated carbocycles. The molecule has 4 N–H and O–H groups in total. The van der Waals surface area contributed by atoms with Crippen LogP contribution in [0, 0.1) is 5.82 Å². The van der Waals surface area contributed by atoms with Crippen molar-refractivity contribution in [2.24, 2.45) is 5.73 Å². The molecule has 104 valence electrons. The zero-order valence-corrected chi connectivity index (χ0v) is 11.3. The molecule has 0 spiro atoms. The van der Waals surface area contributed by atoms with Crippen molar-refractivity contribution in [2.75, 3.05) is 5.73 Å². The van der Waals surface area contributed by atoms with Crippen molar-refractivity contribution in [3.8, 4) is 0 Å². The minimum Gasteiger partial charge on any atom is -0.396 e. The summed E-state index contributed by atoms with van der Waals surface area (Å²) in [5.74, 6) is -0.874. The molecule has 0 heterocycles. The van der Waals surface area contributed by atoms with Crippen LogP contribution >= 0.6 is 0 Å². The highest BCUT2D eigenvalue weighted by atomic mass is 32.2. The fourth-order valence-electron chi connectivity index (χ4n) is 1.65. The summed E-state index contributed by atoms with van der Waals surface area (Å²) in [4.78, 5) is 11.3. The lowest BCUT2D eigenvalue weighted by molar-refractivity contribution is 0.100. The Bertz CT molecular complexity index is 671. The number of nitrogens with two attached hydrogens (primary N) is 2. The Morgan fingerprint density at radius 3 is 2.35 bits per heavy atom. The van der Waals surface area contributed by atoms with Crippen molar-refractivity contribution in [3.63, 3.8) is 0 Å². The van der Waals surface area contributed by atoms with Gasteiger partial charge < -0.3 is 11.5 Å². The van der Waals surface area contributed by atoms with Crippen LogP contribution < -0.4 is 11.5 Å². The second kappa shape index (κ2) is 5.83. The van der Waals surface area contributed by atoms with Gasteiger partial charge in [-0.3, -0.25) is 9.00 Å². The Hall–Kier alpha value is -2.21. The first kappa shape index (κ1) is 14.2. The smallest absolute Gasteiger partial charge is 0.248 e. The largest absolute Gasteiger partial charge is 0.396 e. The molecule has 1 amide bonds. The van der Waals surface area contributed by atoms with Crippen LogP contribution in [-0.2, 0) is 16.6 Å². The van der Waals surface area contributed by atoms with Gasteiger partial charge in [-0.15, -0.1) is 0 Å². The van der Waals surface area contributed by atoms with E-state index in [9.17, 15) is 13.4 Å². The van der Waals surface area contributed by atoms with E-state index in [1.54, 1.807) is 24.3 Å². The fourth-order valence-corrected chi connectivity index (χ4v) is 2.77. The van der Waals surface area contributed by atoms with Gasteiger partial charge in [-0.2, -0.15) is 0 Å². The average molecular weight is 292 g/mol. The summed E-state index contributed by atoms with van der Waals surface area (Å²) in [6, 6.07) is 10.6. The third-order valence-electron chi connectivity index (χ3n) is 2.77. The minimum absolute atomic E-state index is 0.0246. The van der Waals surface area contributed by atoms with Crippen LogP contribution in [-0.4, -0.2) is 10.1 Å². The van der Waals surface area contributed by atoms with Crippen molar-refractivity contribution in [2.45, 2.75) is 10.6 Å². The first-order chi connectivity index (χ1) is 9.47. The summed E-state index contributed by atoms with van der Waals surface area (Å²) < 4.78 is 25.4. The van der Waals surface area contributed by atoms with Gasteiger partial charge in [0.1, 0.15) is 5.82 Å². The van der Waals surface area contributed by atoms with Crippen LogP contribution in [0.1, 0.15) is 15.9 Å². The lowest BCUT2D eigenvalue weighted by atomic mass is 10.1. The molecule has 1 atom stereocenters. The fraction of sp³-hybridized carbons (Fsp3) is 0.0714. The Morgan fingerprint density at radius 2 is 1.80 bits per heavy atom. The molecule has 0 saturated heterocycles. The van der Waals surface area contributed by atoms with Crippen molar-refractivity contribution < 1.29 is 13.4 Å². The molecular formula is C14H13FN2O2S. The summed E-state index contributed by atoms with van der Waals surface area (Å²) in [6.45, 7) is 0. The average Bonchev–Trinajstić information content (AvgIpc) is 2.42. The Morgan fingerprint density at radius 1 is 1.15 bits per heavy atom. The number of halogens is 1. The molecule has 0 aliphatic carbocycles. The second-order valence-electron chi connectivity index (χ2n) is 4.23. The number of hydrogen-bond acceptors (Lipinski definition) is 3. The molecule has 0 aliphatic rings. The second-order valence-corrected chi connectivity index (χ2v) is 5.69. The number of amides is 1. The van der Waals surface area contributed by atoms with E-state index in [0.717, 1.165) is 5.56 Å². The lowest BCUT2D eigenvalue weighted by Crippen LogP contribution is -2.10. The minimum atomic E-state index is -1.38. The van der Waals surface area contributed by atoms with E-state index < -0.39 is 22.5 Å². The van der Waals surface area contributed by atoms with Gasteiger partial charge in [0, 0.05) is 10.5 Å². The van der Waals surface area contributed by atoms with Crippen LogP contribution in [0.2, 0.25) is 0 Å². The van der Waals surface area contributed by atoms with E-state index in [4.69, 9.17) is 11.5 Å². The summed E-state index contributed by atoms with van der Waals surface area (Å²) >= 11 is 0. The standard InChI is InChI=1S/C14H13FN2O2S/c15-12-7-11(5-6-13(12)16)20(19)8-9-1-3-10(4-2-9)14(17)18/h1-7H,8,16H2,(H2,17,18). The predicted molar refractivity (Wildman–Crippen MR) is 75.9 cm³/mol. The van der Waals surface area contributed by atoms with Gasteiger partial charge in [0.05, 0.1) is 22.2 Å². The number of benzene rings is 2. The number of nitrogen functional groups attached to an aromatic ring is 1. The summed E-state index contributed by atoms with van der Waals surface area (Å²) in [7, 11) is -1.38. The number of anilines is 1. The molecule has 1 unspecified atom stereocenters. The summed E-state index contributed by atoms with van der Waals surface area (Å²) in [5.41, 5.74) is 11.7. The van der Waals surface area contributed by atoms with Gasteiger partial charge in [-0.05, 0) is 35.9 Å². The maximum Gasteiger partial charge on any atom is 0.248 e. The molecule has 0 aliphatic heterocycles. The third-order valence-corrected chi connectivity index (χ3v) is 4.15. The van der Waals surface area contributed by atoms with E-state index in [2.05, 4.69) is 0 Å². The van der Waals surface area contributed by atoms with E-state index in [1.165, 1.54) is 18.2 Å².